The summed E-state index contributed by atoms with van der Waals surface area (Å²) in [5.74, 6) is 0.303. The van der Waals surface area contributed by atoms with E-state index in [0.717, 1.165) is 29.3 Å². The molecular weight excluding hydrogens is 332 g/mol. The number of anilines is 1. The Kier molecular flexibility index (Phi) is 3.78. The Labute approximate surface area is 132 Å². The SMILES string of the molecule is CCC1CC2C(=O)N(Cc3ccc(Br)cc3N)C(=O)C2C1. The molecule has 2 N–H and O–H groups in total. The van der Waals surface area contributed by atoms with E-state index in [1.165, 1.54) is 4.90 Å². The van der Waals surface area contributed by atoms with Gasteiger partial charge >= 0.3 is 0 Å². The monoisotopic (exact) mass is 350 g/mol. The lowest BCUT2D eigenvalue weighted by molar-refractivity contribution is -0.141. The molecule has 112 valence electrons. The highest BCUT2D eigenvalue weighted by Gasteiger charge is 2.52. The Morgan fingerprint density at radius 1 is 1.24 bits per heavy atom. The maximum Gasteiger partial charge on any atom is 0.233 e. The van der Waals surface area contributed by atoms with Gasteiger partial charge < -0.3 is 5.73 Å². The van der Waals surface area contributed by atoms with Crippen LogP contribution in [0.5, 0.6) is 0 Å². The van der Waals surface area contributed by atoms with E-state index in [2.05, 4.69) is 22.9 Å². The van der Waals surface area contributed by atoms with Gasteiger partial charge in [-0.05, 0) is 36.5 Å². The number of nitrogens with zero attached hydrogens (tertiary/aromatic N) is 1. The number of carbonyl (C=O) groups is 2. The van der Waals surface area contributed by atoms with E-state index in [1.807, 2.05) is 12.1 Å². The van der Waals surface area contributed by atoms with Crippen molar-refractivity contribution in [3.63, 3.8) is 0 Å². The molecule has 2 atom stereocenters. The molecule has 1 aliphatic carbocycles. The smallest absolute Gasteiger partial charge is 0.233 e. The minimum absolute atomic E-state index is 0.0109. The Hall–Kier alpha value is -1.36. The lowest BCUT2D eigenvalue weighted by Gasteiger charge is -2.18. The minimum atomic E-state index is -0.0980. The highest BCUT2D eigenvalue weighted by Crippen LogP contribution is 2.44. The van der Waals surface area contributed by atoms with Crippen molar-refractivity contribution in [2.75, 3.05) is 5.73 Å². The predicted molar refractivity (Wildman–Crippen MR) is 84.1 cm³/mol. The maximum atomic E-state index is 12.5. The normalized spacial score (nSPS) is 28.3. The third-order valence-corrected chi connectivity index (χ3v) is 5.33. The first-order valence-corrected chi connectivity index (χ1v) is 8.19. The summed E-state index contributed by atoms with van der Waals surface area (Å²) in [5.41, 5.74) is 7.40. The molecule has 2 aliphatic rings. The summed E-state index contributed by atoms with van der Waals surface area (Å²) in [6.45, 7) is 2.42. The molecule has 2 amide bonds. The van der Waals surface area contributed by atoms with Gasteiger partial charge in [0.1, 0.15) is 0 Å². The average Bonchev–Trinajstić information content (AvgIpc) is 2.97. The molecule has 21 heavy (non-hydrogen) atoms. The van der Waals surface area contributed by atoms with E-state index >= 15 is 0 Å². The van der Waals surface area contributed by atoms with Crippen LogP contribution < -0.4 is 5.73 Å². The molecule has 0 aromatic heterocycles. The molecular formula is C16H19BrN2O2. The number of nitrogens with two attached hydrogens (primary N) is 1. The Bertz CT molecular complexity index is 578. The summed E-state index contributed by atoms with van der Waals surface area (Å²) in [6.07, 6.45) is 2.77. The van der Waals surface area contributed by atoms with Crippen LogP contribution in [-0.4, -0.2) is 16.7 Å². The zero-order valence-electron chi connectivity index (χ0n) is 12.0. The number of hydrogen-bond donors (Lipinski definition) is 1. The molecule has 5 heteroatoms. The van der Waals surface area contributed by atoms with Crippen molar-refractivity contribution in [1.82, 2.24) is 4.90 Å². The van der Waals surface area contributed by atoms with Gasteiger partial charge in [-0.25, -0.2) is 0 Å². The number of imide groups is 1. The summed E-state index contributed by atoms with van der Waals surface area (Å²) in [6, 6.07) is 5.54. The van der Waals surface area contributed by atoms with Crippen molar-refractivity contribution in [2.45, 2.75) is 32.7 Å². The number of rotatable bonds is 3. The molecule has 4 nitrogen and oxygen atoms in total. The molecule has 1 aliphatic heterocycles. The van der Waals surface area contributed by atoms with Crippen molar-refractivity contribution in [3.05, 3.63) is 28.2 Å². The largest absolute Gasteiger partial charge is 0.398 e. The van der Waals surface area contributed by atoms with Gasteiger partial charge in [0, 0.05) is 10.2 Å². The molecule has 1 heterocycles. The second kappa shape index (κ2) is 5.44. The molecule has 1 aromatic carbocycles. The van der Waals surface area contributed by atoms with E-state index in [9.17, 15) is 9.59 Å². The predicted octanol–water partition coefficient (Wildman–Crippen LogP) is 2.95. The van der Waals surface area contributed by atoms with Crippen molar-refractivity contribution >= 4 is 33.4 Å². The fraction of sp³-hybridized carbons (Fsp3) is 0.500. The molecule has 0 spiro atoms. The number of likely N-dealkylation sites (tertiary alicyclic amines) is 1. The summed E-state index contributed by atoms with van der Waals surface area (Å²) >= 11 is 3.36. The van der Waals surface area contributed by atoms with Crippen LogP contribution >= 0.6 is 15.9 Å². The van der Waals surface area contributed by atoms with Crippen molar-refractivity contribution in [3.8, 4) is 0 Å². The second-order valence-electron chi connectivity index (χ2n) is 6.06. The zero-order valence-corrected chi connectivity index (χ0v) is 13.6. The van der Waals surface area contributed by atoms with Gasteiger partial charge in [0.2, 0.25) is 11.8 Å². The topological polar surface area (TPSA) is 63.4 Å². The van der Waals surface area contributed by atoms with Gasteiger partial charge in [-0.15, -0.1) is 0 Å². The van der Waals surface area contributed by atoms with Gasteiger partial charge in [0.25, 0.3) is 0 Å². The molecule has 1 aromatic rings. The quantitative estimate of drug-likeness (QED) is 0.673. The standard InChI is InChI=1S/C16H19BrN2O2/c1-2-9-5-12-13(6-9)16(21)19(15(12)20)8-10-3-4-11(17)7-14(10)18/h3-4,7,9,12-13H,2,5-6,8,18H2,1H3. The summed E-state index contributed by atoms with van der Waals surface area (Å²) < 4.78 is 0.894. The number of hydrogen-bond acceptors (Lipinski definition) is 3. The van der Waals surface area contributed by atoms with Crippen molar-refractivity contribution < 1.29 is 9.59 Å². The van der Waals surface area contributed by atoms with Crippen LogP contribution in [0.2, 0.25) is 0 Å². The van der Waals surface area contributed by atoms with Crippen LogP contribution in [-0.2, 0) is 16.1 Å². The van der Waals surface area contributed by atoms with Gasteiger partial charge in [-0.2, -0.15) is 0 Å². The number of amides is 2. The number of benzene rings is 1. The average molecular weight is 351 g/mol. The van der Waals surface area contributed by atoms with E-state index in [0.29, 0.717) is 18.2 Å². The maximum absolute atomic E-state index is 12.5. The van der Waals surface area contributed by atoms with Crippen LogP contribution in [0.4, 0.5) is 5.69 Å². The van der Waals surface area contributed by atoms with Crippen LogP contribution in [0.3, 0.4) is 0 Å². The lowest BCUT2D eigenvalue weighted by atomic mass is 10.00. The van der Waals surface area contributed by atoms with Gasteiger partial charge in [-0.1, -0.05) is 35.3 Å². The molecule has 2 unspecified atom stereocenters. The molecule has 2 fully saturated rings. The lowest BCUT2D eigenvalue weighted by Crippen LogP contribution is -2.32. The highest BCUT2D eigenvalue weighted by atomic mass is 79.9. The summed E-state index contributed by atoms with van der Waals surface area (Å²) in [7, 11) is 0. The zero-order chi connectivity index (χ0) is 15.1. The molecule has 1 saturated heterocycles. The van der Waals surface area contributed by atoms with Crippen molar-refractivity contribution in [2.24, 2.45) is 17.8 Å². The number of halogens is 1. The van der Waals surface area contributed by atoms with E-state index in [-0.39, 0.29) is 23.7 Å². The Morgan fingerprint density at radius 3 is 2.38 bits per heavy atom. The first-order valence-electron chi connectivity index (χ1n) is 7.40. The van der Waals surface area contributed by atoms with E-state index in [1.54, 1.807) is 6.07 Å². The van der Waals surface area contributed by atoms with Gasteiger partial charge in [0.05, 0.1) is 18.4 Å². The van der Waals surface area contributed by atoms with Gasteiger partial charge in [-0.3, -0.25) is 14.5 Å². The van der Waals surface area contributed by atoms with Crippen LogP contribution in [0, 0.1) is 17.8 Å². The highest BCUT2D eigenvalue weighted by molar-refractivity contribution is 9.10. The first-order chi connectivity index (χ1) is 10.0. The van der Waals surface area contributed by atoms with E-state index in [4.69, 9.17) is 5.73 Å². The number of carbonyl (C=O) groups excluding carboxylic acids is 2. The minimum Gasteiger partial charge on any atom is -0.398 e. The summed E-state index contributed by atoms with van der Waals surface area (Å²) in [5, 5.41) is 0. The fourth-order valence-electron chi connectivity index (χ4n) is 3.57. The van der Waals surface area contributed by atoms with Gasteiger partial charge in [0.15, 0.2) is 0 Å². The van der Waals surface area contributed by atoms with E-state index < -0.39 is 0 Å². The first kappa shape index (κ1) is 14.6. The van der Waals surface area contributed by atoms with Crippen LogP contribution in [0.25, 0.3) is 0 Å². The third kappa shape index (κ3) is 2.48. The Morgan fingerprint density at radius 2 is 1.86 bits per heavy atom. The third-order valence-electron chi connectivity index (χ3n) is 4.84. The fourth-order valence-corrected chi connectivity index (χ4v) is 3.95. The molecule has 0 bridgehead atoms. The van der Waals surface area contributed by atoms with Crippen LogP contribution in [0.1, 0.15) is 31.7 Å². The number of fused-ring (bicyclic) bond motifs is 1. The van der Waals surface area contributed by atoms with Crippen molar-refractivity contribution in [1.29, 1.82) is 0 Å². The molecule has 1 saturated carbocycles. The molecule has 3 rings (SSSR count). The second-order valence-corrected chi connectivity index (χ2v) is 6.98. The Balaban J connectivity index is 1.79. The van der Waals surface area contributed by atoms with Crippen LogP contribution in [0.15, 0.2) is 22.7 Å². The molecule has 0 radical (unpaired) electrons. The summed E-state index contributed by atoms with van der Waals surface area (Å²) in [4.78, 5) is 26.4. The number of nitrogen functional groups attached to an aromatic ring is 1.